The lowest BCUT2D eigenvalue weighted by atomic mass is 9.49. The molecule has 27 heavy (non-hydrogen) atoms. The molecule has 4 atom stereocenters. The number of halogens is 1. The van der Waals surface area contributed by atoms with Gasteiger partial charge in [0.2, 0.25) is 4.96 Å². The minimum atomic E-state index is -0.440. The highest BCUT2D eigenvalue weighted by Crippen LogP contribution is 2.64. The first kappa shape index (κ1) is 17.6. The second-order valence-electron chi connectivity index (χ2n) is 8.60. The number of carbonyl (C=O) groups is 1. The van der Waals surface area contributed by atoms with Crippen molar-refractivity contribution in [2.45, 2.75) is 63.4 Å². The third kappa shape index (κ3) is 2.90. The molecule has 2 unspecified atom stereocenters. The quantitative estimate of drug-likeness (QED) is 0.574. The molecule has 4 aliphatic carbocycles. The van der Waals surface area contributed by atoms with Gasteiger partial charge in [0.25, 0.3) is 5.56 Å². The Kier molecular flexibility index (Phi) is 3.92. The zero-order valence-electron chi connectivity index (χ0n) is 15.2. The highest BCUT2D eigenvalue weighted by atomic mass is 35.5. The summed E-state index contributed by atoms with van der Waals surface area (Å²) in [6.07, 6.45) is 6.51. The van der Waals surface area contributed by atoms with E-state index in [0.717, 1.165) is 43.5 Å². The van der Waals surface area contributed by atoms with Gasteiger partial charge in [-0.05, 0) is 56.8 Å². The molecule has 0 N–H and O–H groups in total. The van der Waals surface area contributed by atoms with Gasteiger partial charge in [0, 0.05) is 10.9 Å². The van der Waals surface area contributed by atoms with Gasteiger partial charge in [-0.1, -0.05) is 18.3 Å². The molecule has 4 bridgehead atoms. The Morgan fingerprint density at radius 3 is 2.78 bits per heavy atom. The van der Waals surface area contributed by atoms with Gasteiger partial charge < -0.3 is 4.74 Å². The van der Waals surface area contributed by atoms with Gasteiger partial charge in [-0.3, -0.25) is 9.59 Å². The van der Waals surface area contributed by atoms with Crippen LogP contribution in [-0.2, 0) is 22.6 Å². The van der Waals surface area contributed by atoms with Crippen molar-refractivity contribution in [2.24, 2.45) is 17.3 Å². The Morgan fingerprint density at radius 1 is 1.37 bits per heavy atom. The molecule has 2 aromatic heterocycles. The highest BCUT2D eigenvalue weighted by Gasteiger charge is 2.60. The van der Waals surface area contributed by atoms with Crippen LogP contribution in [0.1, 0.15) is 56.2 Å². The van der Waals surface area contributed by atoms with E-state index in [4.69, 9.17) is 16.3 Å². The summed E-state index contributed by atoms with van der Waals surface area (Å²) in [6, 6.07) is 1.40. The minimum absolute atomic E-state index is 0.0241. The summed E-state index contributed by atoms with van der Waals surface area (Å²) in [4.78, 5) is 30.0. The molecule has 6 nitrogen and oxygen atoms in total. The van der Waals surface area contributed by atoms with Crippen LogP contribution < -0.4 is 5.56 Å². The zero-order valence-corrected chi connectivity index (χ0v) is 16.8. The van der Waals surface area contributed by atoms with E-state index in [9.17, 15) is 9.59 Å². The van der Waals surface area contributed by atoms with Crippen molar-refractivity contribution in [3.8, 4) is 0 Å². The van der Waals surface area contributed by atoms with E-state index in [-0.39, 0.29) is 23.0 Å². The van der Waals surface area contributed by atoms with Gasteiger partial charge in [0.05, 0.1) is 11.1 Å². The molecule has 0 aliphatic heterocycles. The van der Waals surface area contributed by atoms with E-state index in [1.807, 2.05) is 6.92 Å². The number of ether oxygens (including phenoxy) is 1. The monoisotopic (exact) mass is 407 g/mol. The van der Waals surface area contributed by atoms with Gasteiger partial charge in [-0.25, -0.2) is 4.98 Å². The standard InChI is InChI=1S/C19H22ClN3O3S/c1-2-14-22-23-15(24)4-13(21-17(23)27-14)9-26-16(25)18-5-11-3-12(6-18)8-19(20,7-11)10-18/h4,11-12H,2-3,5-10H2,1H3/t11-,12+,18?,19?. The summed E-state index contributed by atoms with van der Waals surface area (Å²) >= 11 is 8.20. The molecule has 4 saturated carbocycles. The number of hydrogen-bond acceptors (Lipinski definition) is 6. The first-order chi connectivity index (χ1) is 12.9. The molecule has 2 heterocycles. The third-order valence-electron chi connectivity index (χ3n) is 6.42. The van der Waals surface area contributed by atoms with Crippen LogP contribution >= 0.6 is 22.9 Å². The van der Waals surface area contributed by atoms with E-state index in [1.165, 1.54) is 28.3 Å². The van der Waals surface area contributed by atoms with Crippen LogP contribution in [0.15, 0.2) is 10.9 Å². The average molecular weight is 408 g/mol. The smallest absolute Gasteiger partial charge is 0.312 e. The molecule has 2 aromatic rings. The van der Waals surface area contributed by atoms with Crippen LogP contribution in [0, 0.1) is 17.3 Å². The zero-order chi connectivity index (χ0) is 18.8. The fourth-order valence-electron chi connectivity index (χ4n) is 5.79. The predicted octanol–water partition coefficient (Wildman–Crippen LogP) is 3.33. The maximum atomic E-state index is 13.0. The predicted molar refractivity (Wildman–Crippen MR) is 102 cm³/mol. The number of aromatic nitrogens is 3. The van der Waals surface area contributed by atoms with E-state index < -0.39 is 5.41 Å². The largest absolute Gasteiger partial charge is 0.459 e. The fourth-order valence-corrected chi connectivity index (χ4v) is 7.34. The van der Waals surface area contributed by atoms with Gasteiger partial charge in [0.15, 0.2) is 0 Å². The minimum Gasteiger partial charge on any atom is -0.459 e. The van der Waals surface area contributed by atoms with E-state index in [1.54, 1.807) is 0 Å². The lowest BCUT2D eigenvalue weighted by Crippen LogP contribution is -2.56. The SMILES string of the molecule is CCc1nn2c(=O)cc(COC(=O)C34C[C@@H]5C[C@@H](CC(Cl)(C5)C3)C4)nc2s1. The molecule has 4 aliphatic rings. The number of aryl methyl sites for hydroxylation is 1. The fraction of sp³-hybridized carbons (Fsp3) is 0.684. The number of nitrogens with zero attached hydrogens (tertiary/aromatic N) is 3. The molecular formula is C19H22ClN3O3S. The Labute approximate surface area is 165 Å². The maximum Gasteiger partial charge on any atom is 0.312 e. The second-order valence-corrected chi connectivity index (χ2v) is 10.4. The van der Waals surface area contributed by atoms with Gasteiger partial charge in [0.1, 0.15) is 11.6 Å². The molecule has 144 valence electrons. The van der Waals surface area contributed by atoms with Gasteiger partial charge in [-0.15, -0.1) is 11.6 Å². The number of alkyl halides is 1. The number of hydrogen-bond donors (Lipinski definition) is 0. The first-order valence-electron chi connectivity index (χ1n) is 9.63. The van der Waals surface area contributed by atoms with Crippen LogP contribution in [0.3, 0.4) is 0 Å². The summed E-state index contributed by atoms with van der Waals surface area (Å²) in [5.74, 6) is 0.919. The maximum absolute atomic E-state index is 13.0. The summed E-state index contributed by atoms with van der Waals surface area (Å²) in [6.45, 7) is 2.01. The van der Waals surface area contributed by atoms with Crippen LogP contribution in [0.5, 0.6) is 0 Å². The molecule has 0 amide bonds. The molecular weight excluding hydrogens is 386 g/mol. The van der Waals surface area contributed by atoms with Crippen molar-refractivity contribution < 1.29 is 9.53 Å². The summed E-state index contributed by atoms with van der Waals surface area (Å²) in [7, 11) is 0. The molecule has 0 spiro atoms. The molecule has 0 radical (unpaired) electrons. The number of carbonyl (C=O) groups excluding carboxylic acids is 1. The van der Waals surface area contributed by atoms with Crippen molar-refractivity contribution >= 4 is 33.9 Å². The highest BCUT2D eigenvalue weighted by molar-refractivity contribution is 7.16. The molecule has 6 rings (SSSR count). The van der Waals surface area contributed by atoms with Crippen LogP contribution in [0.25, 0.3) is 4.96 Å². The topological polar surface area (TPSA) is 73.6 Å². The second kappa shape index (κ2) is 6.01. The summed E-state index contributed by atoms with van der Waals surface area (Å²) in [5, 5.41) is 5.10. The Bertz CT molecular complexity index is 970. The van der Waals surface area contributed by atoms with Crippen LogP contribution in [-0.4, -0.2) is 25.4 Å². The third-order valence-corrected chi connectivity index (χ3v) is 7.91. The first-order valence-corrected chi connectivity index (χ1v) is 10.8. The Morgan fingerprint density at radius 2 is 2.11 bits per heavy atom. The molecule has 0 aromatic carbocycles. The Balaban J connectivity index is 1.35. The van der Waals surface area contributed by atoms with Crippen molar-refractivity contribution in [3.05, 3.63) is 27.1 Å². The molecule has 0 saturated heterocycles. The van der Waals surface area contributed by atoms with Crippen LogP contribution in [0.4, 0.5) is 0 Å². The van der Waals surface area contributed by atoms with Crippen molar-refractivity contribution in [1.29, 1.82) is 0 Å². The van der Waals surface area contributed by atoms with E-state index >= 15 is 0 Å². The van der Waals surface area contributed by atoms with Crippen LogP contribution in [0.2, 0.25) is 0 Å². The van der Waals surface area contributed by atoms with Crippen molar-refractivity contribution in [2.75, 3.05) is 0 Å². The van der Waals surface area contributed by atoms with E-state index in [0.29, 0.717) is 22.5 Å². The number of rotatable bonds is 4. The average Bonchev–Trinajstić information content (AvgIpc) is 3.01. The van der Waals surface area contributed by atoms with Gasteiger partial charge in [-0.2, -0.15) is 9.61 Å². The Hall–Kier alpha value is -1.47. The van der Waals surface area contributed by atoms with Crippen molar-refractivity contribution in [3.63, 3.8) is 0 Å². The lowest BCUT2D eigenvalue weighted by Gasteiger charge is -2.58. The molecule has 4 fully saturated rings. The number of esters is 1. The van der Waals surface area contributed by atoms with E-state index in [2.05, 4.69) is 10.1 Å². The van der Waals surface area contributed by atoms with Gasteiger partial charge >= 0.3 is 5.97 Å². The van der Waals surface area contributed by atoms with Crippen molar-refractivity contribution in [1.82, 2.24) is 14.6 Å². The lowest BCUT2D eigenvalue weighted by molar-refractivity contribution is -0.171. The molecule has 8 heteroatoms. The summed E-state index contributed by atoms with van der Waals surface area (Å²) < 4.78 is 6.98. The normalized spacial score (nSPS) is 34.3. The summed E-state index contributed by atoms with van der Waals surface area (Å²) in [5.41, 5.74) is -0.202. The number of fused-ring (bicyclic) bond motifs is 1.